The Bertz CT molecular complexity index is 758. The van der Waals surface area contributed by atoms with Gasteiger partial charge in [0.1, 0.15) is 0 Å². The Hall–Kier alpha value is -0.870. The predicted molar refractivity (Wildman–Crippen MR) is 100 cm³/mol. The first-order chi connectivity index (χ1) is 11.8. The van der Waals surface area contributed by atoms with E-state index >= 15 is 0 Å². The van der Waals surface area contributed by atoms with Crippen LogP contribution in [0.15, 0.2) is 22.7 Å². The van der Waals surface area contributed by atoms with E-state index in [1.54, 1.807) is 0 Å². The zero-order valence-corrected chi connectivity index (χ0v) is 16.5. The number of aliphatic hydroxyl groups is 1. The molecule has 0 aliphatic heterocycles. The van der Waals surface area contributed by atoms with Crippen molar-refractivity contribution in [3.63, 3.8) is 0 Å². The molecule has 0 heterocycles. The average molecular weight is 404 g/mol. The molecule has 1 spiro atoms. The van der Waals surface area contributed by atoms with Crippen LogP contribution in [0.5, 0.6) is 0 Å². The van der Waals surface area contributed by atoms with Crippen molar-refractivity contribution in [2.45, 2.75) is 63.5 Å². The van der Waals surface area contributed by atoms with Crippen molar-refractivity contribution in [1.29, 1.82) is 0 Å². The first kappa shape index (κ1) is 16.3. The van der Waals surface area contributed by atoms with Gasteiger partial charge < -0.3 is 10.4 Å². The molecule has 1 aromatic rings. The maximum absolute atomic E-state index is 13.1. The van der Waals surface area contributed by atoms with E-state index in [2.05, 4.69) is 41.2 Å². The van der Waals surface area contributed by atoms with Gasteiger partial charge in [-0.25, -0.2) is 0 Å². The molecule has 134 valence electrons. The Morgan fingerprint density at radius 2 is 2.00 bits per heavy atom. The van der Waals surface area contributed by atoms with Crippen molar-refractivity contribution in [2.75, 3.05) is 0 Å². The van der Waals surface area contributed by atoms with Crippen molar-refractivity contribution in [3.05, 3.63) is 33.8 Å². The Morgan fingerprint density at radius 1 is 1.24 bits per heavy atom. The van der Waals surface area contributed by atoms with E-state index in [-0.39, 0.29) is 17.4 Å². The zero-order chi connectivity index (χ0) is 17.6. The van der Waals surface area contributed by atoms with Crippen LogP contribution in [0.25, 0.3) is 0 Å². The molecule has 0 saturated heterocycles. The molecule has 4 unspecified atom stereocenters. The number of hydrogen-bond acceptors (Lipinski definition) is 2. The monoisotopic (exact) mass is 403 g/mol. The van der Waals surface area contributed by atoms with Gasteiger partial charge in [0.25, 0.3) is 5.91 Å². The summed E-state index contributed by atoms with van der Waals surface area (Å²) in [6.07, 6.45) is 5.33. The largest absolute Gasteiger partial charge is 0.389 e. The van der Waals surface area contributed by atoms with Crippen LogP contribution in [0, 0.1) is 23.2 Å². The summed E-state index contributed by atoms with van der Waals surface area (Å²) in [5.41, 5.74) is 1.69. The second-order valence-corrected chi connectivity index (χ2v) is 10.3. The lowest BCUT2D eigenvalue weighted by Gasteiger charge is -2.55. The third-order valence-electron chi connectivity index (χ3n) is 7.93. The van der Waals surface area contributed by atoms with Crippen LogP contribution in [0.2, 0.25) is 0 Å². The van der Waals surface area contributed by atoms with Crippen molar-refractivity contribution in [2.24, 2.45) is 23.2 Å². The van der Waals surface area contributed by atoms with Crippen LogP contribution in [0.1, 0.15) is 67.8 Å². The molecule has 3 nitrogen and oxygen atoms in total. The topological polar surface area (TPSA) is 49.3 Å². The number of halogens is 1. The molecule has 6 atom stereocenters. The van der Waals surface area contributed by atoms with Crippen molar-refractivity contribution in [1.82, 2.24) is 5.32 Å². The first-order valence-corrected chi connectivity index (χ1v) is 10.4. The lowest BCUT2D eigenvalue weighted by Crippen LogP contribution is -2.57. The van der Waals surface area contributed by atoms with Gasteiger partial charge in [-0.1, -0.05) is 29.8 Å². The SMILES string of the molecule is CC(C)c1cc(Br)ccc1C(=O)N[C@H]1C2CC3C[C@@]4(O)CC1CC34C2. The fourth-order valence-corrected chi connectivity index (χ4v) is 7.31. The molecule has 2 N–H and O–H groups in total. The average Bonchev–Trinajstić information content (AvgIpc) is 2.91. The van der Waals surface area contributed by atoms with Crippen molar-refractivity contribution < 1.29 is 9.90 Å². The van der Waals surface area contributed by atoms with Gasteiger partial charge in [-0.2, -0.15) is 0 Å². The highest BCUT2D eigenvalue weighted by Crippen LogP contribution is 2.77. The molecule has 0 radical (unpaired) electrons. The molecule has 1 aromatic carbocycles. The van der Waals surface area contributed by atoms with Gasteiger partial charge in [-0.3, -0.25) is 4.79 Å². The normalized spacial score (nSPS) is 43.2. The van der Waals surface area contributed by atoms with Crippen molar-refractivity contribution >= 4 is 21.8 Å². The van der Waals surface area contributed by atoms with E-state index < -0.39 is 5.60 Å². The van der Waals surface area contributed by atoms with Gasteiger partial charge in [0, 0.05) is 21.5 Å². The Kier molecular flexibility index (Phi) is 3.33. The van der Waals surface area contributed by atoms with E-state index in [4.69, 9.17) is 0 Å². The molecule has 4 aliphatic carbocycles. The van der Waals surface area contributed by atoms with Gasteiger partial charge in [0.05, 0.1) is 5.60 Å². The number of benzene rings is 1. The zero-order valence-electron chi connectivity index (χ0n) is 14.9. The standard InChI is InChI=1S/C21H26BrNO2/c1-11(2)17-6-15(22)3-4-16(17)19(24)23-18-12-5-14-10-21(25)9-13(18)8-20(14,21)7-12/h3-4,6,11-14,18,25H,5,7-10H2,1-2H3,(H,23,24)/t12?,13?,14?,18-,20?,21-/m0/s1. The quantitative estimate of drug-likeness (QED) is 0.792. The van der Waals surface area contributed by atoms with Crippen LogP contribution in [-0.2, 0) is 0 Å². The number of rotatable bonds is 3. The van der Waals surface area contributed by atoms with E-state index in [0.29, 0.717) is 23.7 Å². The lowest BCUT2D eigenvalue weighted by molar-refractivity contribution is -0.176. The minimum atomic E-state index is -0.419. The summed E-state index contributed by atoms with van der Waals surface area (Å²) in [5, 5.41) is 14.4. The van der Waals surface area contributed by atoms with Crippen LogP contribution < -0.4 is 5.32 Å². The number of hydrogen-bond donors (Lipinski definition) is 2. The fourth-order valence-electron chi connectivity index (χ4n) is 6.93. The second kappa shape index (κ2) is 5.10. The fraction of sp³-hybridized carbons (Fsp3) is 0.667. The van der Waals surface area contributed by atoms with E-state index in [1.165, 1.54) is 6.42 Å². The van der Waals surface area contributed by atoms with Crippen molar-refractivity contribution in [3.8, 4) is 0 Å². The second-order valence-electron chi connectivity index (χ2n) is 9.34. The van der Waals surface area contributed by atoms with Crippen LogP contribution in [0.3, 0.4) is 0 Å². The smallest absolute Gasteiger partial charge is 0.251 e. The number of carbonyl (C=O) groups is 1. The maximum atomic E-state index is 13.1. The summed E-state index contributed by atoms with van der Waals surface area (Å²) in [5.74, 6) is 2.09. The summed E-state index contributed by atoms with van der Waals surface area (Å²) in [7, 11) is 0. The Morgan fingerprint density at radius 3 is 2.76 bits per heavy atom. The minimum Gasteiger partial charge on any atom is -0.389 e. The van der Waals surface area contributed by atoms with Crippen LogP contribution in [-0.4, -0.2) is 22.7 Å². The molecular formula is C21H26BrNO2. The van der Waals surface area contributed by atoms with Gasteiger partial charge in [0.15, 0.2) is 0 Å². The summed E-state index contributed by atoms with van der Waals surface area (Å²) in [6, 6.07) is 6.20. The van der Waals surface area contributed by atoms with Gasteiger partial charge in [-0.05, 0) is 79.5 Å². The highest BCUT2D eigenvalue weighted by molar-refractivity contribution is 9.10. The molecular weight excluding hydrogens is 378 g/mol. The molecule has 1 amide bonds. The highest BCUT2D eigenvalue weighted by atomic mass is 79.9. The molecule has 0 aromatic heterocycles. The molecule has 5 rings (SSSR count). The number of fused-ring (bicyclic) bond motifs is 2. The Balaban J connectivity index is 1.41. The molecule has 4 fully saturated rings. The number of amides is 1. The maximum Gasteiger partial charge on any atom is 0.251 e. The molecule has 4 aliphatic rings. The molecule has 3 bridgehead atoms. The van der Waals surface area contributed by atoms with E-state index in [0.717, 1.165) is 41.3 Å². The lowest BCUT2D eigenvalue weighted by atomic mass is 9.53. The van der Waals surface area contributed by atoms with Crippen LogP contribution in [0.4, 0.5) is 0 Å². The van der Waals surface area contributed by atoms with Gasteiger partial charge in [0.2, 0.25) is 0 Å². The summed E-state index contributed by atoms with van der Waals surface area (Å²) >= 11 is 3.52. The van der Waals surface area contributed by atoms with Crippen LogP contribution >= 0.6 is 15.9 Å². The summed E-state index contributed by atoms with van der Waals surface area (Å²) < 4.78 is 1.02. The molecule has 4 heteroatoms. The summed E-state index contributed by atoms with van der Waals surface area (Å²) in [4.78, 5) is 13.1. The Labute approximate surface area is 157 Å². The minimum absolute atomic E-state index is 0.0631. The third-order valence-corrected chi connectivity index (χ3v) is 8.42. The van der Waals surface area contributed by atoms with Gasteiger partial charge >= 0.3 is 0 Å². The van der Waals surface area contributed by atoms with E-state index in [1.807, 2.05) is 12.1 Å². The number of carbonyl (C=O) groups excluding carboxylic acids is 1. The van der Waals surface area contributed by atoms with E-state index in [9.17, 15) is 9.90 Å². The molecule has 4 saturated carbocycles. The first-order valence-electron chi connectivity index (χ1n) is 9.66. The number of nitrogens with one attached hydrogen (secondary N) is 1. The third kappa shape index (κ3) is 2.04. The predicted octanol–water partition coefficient (Wildman–Crippen LogP) is 4.24. The summed E-state index contributed by atoms with van der Waals surface area (Å²) in [6.45, 7) is 4.26. The highest BCUT2D eigenvalue weighted by Gasteiger charge is 2.76. The van der Waals surface area contributed by atoms with Gasteiger partial charge in [-0.15, -0.1) is 0 Å². The molecule has 25 heavy (non-hydrogen) atoms.